The molecule has 13 aromatic carbocycles. The van der Waals surface area contributed by atoms with E-state index >= 15 is 0 Å². The highest BCUT2D eigenvalue weighted by molar-refractivity contribution is 5.96. The average Bonchev–Trinajstić information content (AvgIpc) is 1.54. The fraction of sp³-hybridized carbons (Fsp3) is 0.149. The minimum absolute atomic E-state index is 0.175. The van der Waals surface area contributed by atoms with Crippen molar-refractivity contribution >= 4 is 0 Å². The van der Waals surface area contributed by atoms with Gasteiger partial charge in [0.25, 0.3) is 0 Å². The molecule has 3 aliphatic carbocycles. The summed E-state index contributed by atoms with van der Waals surface area (Å²) in [6, 6.07) is 111. The van der Waals surface area contributed by atoms with Gasteiger partial charge >= 0.3 is 0 Å². The predicted octanol–water partition coefficient (Wildman–Crippen LogP) is 23.8. The molecule has 0 saturated heterocycles. The van der Waals surface area contributed by atoms with E-state index in [-0.39, 0.29) is 5.41 Å². The smallest absolute Gasteiger partial charge is 0.0713 e. The van der Waals surface area contributed by atoms with Crippen molar-refractivity contribution in [3.05, 3.63) is 403 Å². The van der Waals surface area contributed by atoms with Gasteiger partial charge in [0.2, 0.25) is 0 Å². The van der Waals surface area contributed by atoms with Crippen LogP contribution in [0.4, 0.5) is 0 Å². The normalized spacial score (nSPS) is 17.1. The van der Waals surface area contributed by atoms with Crippen LogP contribution in [0.1, 0.15) is 132 Å². The van der Waals surface area contributed by atoms with E-state index in [9.17, 15) is 0 Å². The van der Waals surface area contributed by atoms with Crippen LogP contribution in [-0.2, 0) is 29.1 Å². The highest BCUT2D eigenvalue weighted by Gasteiger charge is 2.49. The summed E-state index contributed by atoms with van der Waals surface area (Å²) in [5.41, 5.74) is 38.9. The molecule has 3 unspecified atom stereocenters. The summed E-state index contributed by atoms with van der Waals surface area (Å²) in [4.78, 5) is 0. The third kappa shape index (κ3) is 9.31. The number of hydrogen-bond acceptors (Lipinski definition) is 0. The van der Waals surface area contributed by atoms with Gasteiger partial charge in [0, 0.05) is 5.41 Å². The van der Waals surface area contributed by atoms with E-state index in [2.05, 4.69) is 346 Å². The number of hydrogen-bond donors (Lipinski definition) is 0. The van der Waals surface area contributed by atoms with E-state index in [1.54, 1.807) is 0 Å². The van der Waals surface area contributed by atoms with E-state index in [4.69, 9.17) is 0 Å². The van der Waals surface area contributed by atoms with Gasteiger partial charge in [0.15, 0.2) is 0 Å². The Balaban J connectivity index is 0.838. The molecular formula is C94H78. The van der Waals surface area contributed by atoms with Crippen molar-refractivity contribution in [2.45, 2.75) is 90.4 Å². The first-order chi connectivity index (χ1) is 46.0. The number of fused-ring (bicyclic) bond motifs is 9. The van der Waals surface area contributed by atoms with E-state index in [0.717, 1.165) is 25.7 Å². The average molecular weight is 1210 g/mol. The lowest BCUT2D eigenvalue weighted by Crippen LogP contribution is -2.28. The standard InChI is InChI=1S/C94H78/c1-8-53-92(54-9-2)84-23-12-10-20-79(84)83-58-73(82(60-88(83)92)71-18-14-17-65(7)55-71)57-67-37-50-77(51-38-67)94(75-46-33-64(6)34-47-75)86-25-15-19-72(90(86)81-52-43-70(59-89(81)94)68-39-27-61(3)28-40-68)56-66-35-48-76(49-36-66)93(74-44-31-63(5)32-45-74)85-24-13-11-21-80(85)91-78(22-16-26-87(91)93)69-41-29-62(4)30-42-69/h8,10-53,55,58-60H,9,54,56-57H2,1-7H3. The molecule has 0 N–H and O–H groups in total. The van der Waals surface area contributed by atoms with Crippen LogP contribution in [0.3, 0.4) is 0 Å². The number of benzene rings is 13. The van der Waals surface area contributed by atoms with Crippen molar-refractivity contribution < 1.29 is 0 Å². The molecule has 16 rings (SSSR count). The Morgan fingerprint density at radius 2 is 0.766 bits per heavy atom. The third-order valence-electron chi connectivity index (χ3n) is 21.4. The summed E-state index contributed by atoms with van der Waals surface area (Å²) in [7, 11) is 0. The minimum atomic E-state index is -0.627. The molecule has 0 bridgehead atoms. The first-order valence-electron chi connectivity index (χ1n) is 34.0. The molecule has 0 amide bonds. The van der Waals surface area contributed by atoms with Crippen molar-refractivity contribution in [1.29, 1.82) is 0 Å². The minimum Gasteiger partial charge on any atom is -0.0904 e. The second kappa shape index (κ2) is 23.3. The molecule has 3 aliphatic rings. The second-order valence-corrected chi connectivity index (χ2v) is 27.3. The summed E-state index contributed by atoms with van der Waals surface area (Å²) in [5.74, 6) is 0. The van der Waals surface area contributed by atoms with Gasteiger partial charge in [-0.05, 0) is 224 Å². The Bertz CT molecular complexity index is 5090. The zero-order chi connectivity index (χ0) is 63.9. The quantitative estimate of drug-likeness (QED) is 0.0952. The van der Waals surface area contributed by atoms with Crippen LogP contribution in [0.2, 0.25) is 0 Å². The van der Waals surface area contributed by atoms with Gasteiger partial charge < -0.3 is 0 Å². The third-order valence-corrected chi connectivity index (χ3v) is 21.4. The Morgan fingerprint density at radius 3 is 1.37 bits per heavy atom. The maximum absolute atomic E-state index is 2.57. The molecule has 0 saturated carbocycles. The van der Waals surface area contributed by atoms with Gasteiger partial charge in [-0.2, -0.15) is 0 Å². The summed E-state index contributed by atoms with van der Waals surface area (Å²) in [6.45, 7) is 15.5. The Kier molecular flexibility index (Phi) is 14.5. The van der Waals surface area contributed by atoms with Gasteiger partial charge in [-0.3, -0.25) is 0 Å². The van der Waals surface area contributed by atoms with Crippen LogP contribution in [0.5, 0.6) is 0 Å². The van der Waals surface area contributed by atoms with Crippen LogP contribution in [0.15, 0.2) is 297 Å². The maximum Gasteiger partial charge on any atom is 0.0713 e. The van der Waals surface area contributed by atoms with Gasteiger partial charge in [-0.1, -0.05) is 320 Å². The van der Waals surface area contributed by atoms with Crippen LogP contribution in [-0.4, -0.2) is 0 Å². The van der Waals surface area contributed by atoms with Crippen molar-refractivity contribution in [2.75, 3.05) is 0 Å². The van der Waals surface area contributed by atoms with Crippen LogP contribution < -0.4 is 0 Å². The monoisotopic (exact) mass is 1210 g/mol. The molecule has 0 aromatic heterocycles. The largest absolute Gasteiger partial charge is 0.0904 e. The van der Waals surface area contributed by atoms with Crippen molar-refractivity contribution in [2.24, 2.45) is 0 Å². The molecule has 0 radical (unpaired) electrons. The molecule has 0 spiro atoms. The first kappa shape index (κ1) is 58.7. The number of aryl methyl sites for hydroxylation is 5. The Labute approximate surface area is 556 Å². The van der Waals surface area contributed by atoms with E-state index in [1.807, 2.05) is 0 Å². The maximum atomic E-state index is 2.57. The first-order valence-corrected chi connectivity index (χ1v) is 34.0. The Hall–Kier alpha value is -10.4. The Morgan fingerprint density at radius 1 is 0.287 bits per heavy atom. The molecule has 0 fully saturated rings. The molecule has 94 heavy (non-hydrogen) atoms. The summed E-state index contributed by atoms with van der Waals surface area (Å²) in [5, 5.41) is 0. The highest BCUT2D eigenvalue weighted by atomic mass is 14.5. The molecule has 3 atom stereocenters. The van der Waals surface area contributed by atoms with E-state index in [1.165, 1.54) is 172 Å². The zero-order valence-corrected chi connectivity index (χ0v) is 55.1. The molecule has 454 valence electrons. The number of rotatable bonds is 14. The lowest BCUT2D eigenvalue weighted by Gasteiger charge is -2.34. The lowest BCUT2D eigenvalue weighted by molar-refractivity contribution is 0.582. The fourth-order valence-corrected chi connectivity index (χ4v) is 17.1. The molecule has 0 aliphatic heterocycles. The van der Waals surface area contributed by atoms with Crippen molar-refractivity contribution in [1.82, 2.24) is 0 Å². The molecule has 0 heterocycles. The SMILES string of the molecule is CC=CC1(CCC)c2ccccc2-c2cc(Cc3ccc(C4(c5ccc(C)cc5)c5cc(-c6ccc(C)cc6)ccc5-c5c(Cc6ccc(C7(c8ccc(C)cc8)c8ccccc8-c8c(-c9ccc(C)cc9)cccc87)cc6)cccc54)cc3)c(-c3cccc(C)c3)cc21. The molecule has 13 aromatic rings. The van der Waals surface area contributed by atoms with Gasteiger partial charge in [0.05, 0.1) is 10.8 Å². The molecule has 0 heteroatoms. The molecular weight excluding hydrogens is 1130 g/mol. The van der Waals surface area contributed by atoms with Gasteiger partial charge in [-0.15, -0.1) is 0 Å². The van der Waals surface area contributed by atoms with Crippen LogP contribution in [0, 0.1) is 34.6 Å². The fourth-order valence-electron chi connectivity index (χ4n) is 17.1. The van der Waals surface area contributed by atoms with Crippen LogP contribution >= 0.6 is 0 Å². The number of allylic oxidation sites excluding steroid dienone is 2. The summed E-state index contributed by atoms with van der Waals surface area (Å²) in [6.07, 6.45) is 8.47. The summed E-state index contributed by atoms with van der Waals surface area (Å²) >= 11 is 0. The van der Waals surface area contributed by atoms with E-state index in [0.29, 0.717) is 0 Å². The zero-order valence-electron chi connectivity index (χ0n) is 55.1. The summed E-state index contributed by atoms with van der Waals surface area (Å²) < 4.78 is 0. The molecule has 0 nitrogen and oxygen atoms in total. The lowest BCUT2D eigenvalue weighted by atomic mass is 9.67. The predicted molar refractivity (Wildman–Crippen MR) is 395 cm³/mol. The topological polar surface area (TPSA) is 0 Å². The van der Waals surface area contributed by atoms with Gasteiger partial charge in [0.1, 0.15) is 0 Å². The van der Waals surface area contributed by atoms with Crippen LogP contribution in [0.25, 0.3) is 66.8 Å². The second-order valence-electron chi connectivity index (χ2n) is 27.3. The van der Waals surface area contributed by atoms with Crippen molar-refractivity contribution in [3.8, 4) is 66.8 Å². The van der Waals surface area contributed by atoms with E-state index < -0.39 is 10.8 Å². The highest BCUT2D eigenvalue weighted by Crippen LogP contribution is 2.61. The van der Waals surface area contributed by atoms with Gasteiger partial charge in [-0.25, -0.2) is 0 Å². The van der Waals surface area contributed by atoms with Crippen molar-refractivity contribution in [3.63, 3.8) is 0 Å².